The minimum absolute atomic E-state index is 0. The Bertz CT molecular complexity index is 279. The van der Waals surface area contributed by atoms with Crippen LogP contribution in [0.2, 0.25) is 0 Å². The summed E-state index contributed by atoms with van der Waals surface area (Å²) in [6.07, 6.45) is 1.22. The molecule has 0 rings (SSSR count). The molecule has 0 aromatic heterocycles. The fourth-order valence-corrected chi connectivity index (χ4v) is 2.17. The van der Waals surface area contributed by atoms with Crippen molar-refractivity contribution in [1.82, 2.24) is 6.15 Å². The summed E-state index contributed by atoms with van der Waals surface area (Å²) in [5.41, 5.74) is 4.71. The van der Waals surface area contributed by atoms with Crippen molar-refractivity contribution in [2.75, 3.05) is 6.61 Å². The van der Waals surface area contributed by atoms with Gasteiger partial charge < -0.3 is 11.9 Å². The van der Waals surface area contributed by atoms with E-state index in [1.165, 1.54) is 0 Å². The second kappa shape index (κ2) is 7.18. The van der Waals surface area contributed by atoms with E-state index < -0.39 is 16.1 Å². The maximum Gasteiger partial charge on any atom is 0.401 e. The van der Waals surface area contributed by atoms with Gasteiger partial charge in [-0.25, -0.2) is 8.37 Å². The third-order valence-electron chi connectivity index (χ3n) is 2.14. The molecule has 0 amide bonds. The molecule has 6 nitrogen and oxygen atoms in total. The number of nitrogens with two attached hydrogens (primary N) is 1. The molecule has 0 aromatic carbocycles. The van der Waals surface area contributed by atoms with Crippen LogP contribution in [0.25, 0.3) is 0 Å². The molecule has 0 saturated carbocycles. The van der Waals surface area contributed by atoms with Crippen LogP contribution in [0.15, 0.2) is 0 Å². The topological polar surface area (TPSA) is 114 Å². The molecule has 0 aliphatic heterocycles. The summed E-state index contributed by atoms with van der Waals surface area (Å²) < 4.78 is 32.0. The summed E-state index contributed by atoms with van der Waals surface area (Å²) in [6.45, 7) is 7.17. The van der Waals surface area contributed by atoms with E-state index in [1.54, 1.807) is 6.92 Å². The lowest BCUT2D eigenvalue weighted by Gasteiger charge is -2.31. The zero-order valence-electron chi connectivity index (χ0n) is 10.5. The van der Waals surface area contributed by atoms with Gasteiger partial charge in [-0.1, -0.05) is 27.2 Å². The van der Waals surface area contributed by atoms with Gasteiger partial charge in [-0.3, -0.25) is 0 Å². The van der Waals surface area contributed by atoms with Crippen molar-refractivity contribution in [1.29, 1.82) is 0 Å². The summed E-state index contributed by atoms with van der Waals surface area (Å²) in [5.74, 6) is -0.104. The minimum Gasteiger partial charge on any atom is -0.344 e. The van der Waals surface area contributed by atoms with Gasteiger partial charge in [0.05, 0.1) is 6.61 Å². The van der Waals surface area contributed by atoms with E-state index in [0.717, 1.165) is 6.42 Å². The highest BCUT2D eigenvalue weighted by atomic mass is 32.3. The fourth-order valence-electron chi connectivity index (χ4n) is 1.18. The molecule has 0 aliphatic carbocycles. The average Bonchev–Trinajstić information content (AvgIpc) is 2.02. The SMILES string of the molecule is CCCC(N)(OS(=O)(=O)OCC)C(C)C.N. The Labute approximate surface area is 98.4 Å². The molecule has 0 bridgehead atoms. The molecule has 0 heterocycles. The average molecular weight is 256 g/mol. The lowest BCUT2D eigenvalue weighted by atomic mass is 9.96. The van der Waals surface area contributed by atoms with Crippen LogP contribution in [-0.2, 0) is 18.8 Å². The van der Waals surface area contributed by atoms with E-state index in [0.29, 0.717) is 6.42 Å². The molecule has 0 spiro atoms. The molecule has 0 radical (unpaired) electrons. The summed E-state index contributed by atoms with van der Waals surface area (Å²) in [6, 6.07) is 0. The predicted octanol–water partition coefficient (Wildman–Crippen LogP) is 1.56. The summed E-state index contributed by atoms with van der Waals surface area (Å²) >= 11 is 0. The molecule has 0 aromatic rings. The zero-order chi connectivity index (χ0) is 12.1. The normalized spacial score (nSPS) is 15.6. The molecule has 100 valence electrons. The molecule has 7 heteroatoms. The Morgan fingerprint density at radius 3 is 2.12 bits per heavy atom. The standard InChI is InChI=1S/C9H21NO4S.H3N/c1-5-7-9(10,8(3)4)14-15(11,12)13-6-2;/h8H,5-7,10H2,1-4H3;1H3. The maximum absolute atomic E-state index is 11.3. The first-order valence-corrected chi connectivity index (χ1v) is 6.49. The highest BCUT2D eigenvalue weighted by molar-refractivity contribution is 7.81. The van der Waals surface area contributed by atoms with Crippen molar-refractivity contribution in [3.63, 3.8) is 0 Å². The highest BCUT2D eigenvalue weighted by Crippen LogP contribution is 2.24. The molecule has 0 saturated heterocycles. The van der Waals surface area contributed by atoms with Crippen molar-refractivity contribution in [3.05, 3.63) is 0 Å². The van der Waals surface area contributed by atoms with Gasteiger partial charge in [-0.2, -0.15) is 8.42 Å². The maximum atomic E-state index is 11.3. The van der Waals surface area contributed by atoms with E-state index in [4.69, 9.17) is 9.92 Å². The Hall–Kier alpha value is -0.210. The molecule has 5 N–H and O–H groups in total. The van der Waals surface area contributed by atoms with E-state index >= 15 is 0 Å². The van der Waals surface area contributed by atoms with Crippen LogP contribution in [-0.4, -0.2) is 20.7 Å². The van der Waals surface area contributed by atoms with Crippen LogP contribution in [0.4, 0.5) is 0 Å². The Balaban J connectivity index is 0. The smallest absolute Gasteiger partial charge is 0.344 e. The predicted molar refractivity (Wildman–Crippen MR) is 63.3 cm³/mol. The van der Waals surface area contributed by atoms with Crippen LogP contribution in [0.5, 0.6) is 0 Å². The van der Waals surface area contributed by atoms with Gasteiger partial charge in [-0.15, -0.1) is 0 Å². The van der Waals surface area contributed by atoms with E-state index in [-0.39, 0.29) is 18.7 Å². The first kappa shape index (κ1) is 18.2. The second-order valence-electron chi connectivity index (χ2n) is 3.76. The summed E-state index contributed by atoms with van der Waals surface area (Å²) in [5, 5.41) is 0. The molecule has 1 atom stereocenters. The van der Waals surface area contributed by atoms with Crippen molar-refractivity contribution >= 4 is 10.4 Å². The van der Waals surface area contributed by atoms with Crippen LogP contribution in [0.3, 0.4) is 0 Å². The number of rotatable bonds is 7. The fraction of sp³-hybridized carbons (Fsp3) is 1.00. The van der Waals surface area contributed by atoms with Crippen LogP contribution >= 0.6 is 0 Å². The minimum atomic E-state index is -3.98. The Morgan fingerprint density at radius 1 is 1.31 bits per heavy atom. The van der Waals surface area contributed by atoms with Gasteiger partial charge >= 0.3 is 10.4 Å². The van der Waals surface area contributed by atoms with Gasteiger partial charge in [0, 0.05) is 0 Å². The first-order chi connectivity index (χ1) is 6.77. The largest absolute Gasteiger partial charge is 0.401 e. The van der Waals surface area contributed by atoms with Gasteiger partial charge in [0.2, 0.25) is 0 Å². The van der Waals surface area contributed by atoms with Gasteiger partial charge in [-0.05, 0) is 19.3 Å². The van der Waals surface area contributed by atoms with Gasteiger partial charge in [0.15, 0.2) is 0 Å². The Kier molecular flexibility index (Phi) is 8.15. The van der Waals surface area contributed by atoms with E-state index in [1.807, 2.05) is 20.8 Å². The molecule has 1 unspecified atom stereocenters. The molecular formula is C9H24N2O4S. The van der Waals surface area contributed by atoms with Crippen molar-refractivity contribution in [2.45, 2.75) is 46.3 Å². The molecule has 0 fully saturated rings. The quantitative estimate of drug-likeness (QED) is 0.668. The number of hydrogen-bond donors (Lipinski definition) is 2. The number of hydrogen-bond acceptors (Lipinski definition) is 6. The van der Waals surface area contributed by atoms with Crippen molar-refractivity contribution < 1.29 is 16.8 Å². The van der Waals surface area contributed by atoms with Crippen molar-refractivity contribution in [2.24, 2.45) is 11.7 Å². The van der Waals surface area contributed by atoms with E-state index in [9.17, 15) is 8.42 Å². The monoisotopic (exact) mass is 256 g/mol. The molecule has 0 aliphatic rings. The lowest BCUT2D eigenvalue weighted by Crippen LogP contribution is -2.49. The zero-order valence-corrected chi connectivity index (χ0v) is 11.3. The lowest BCUT2D eigenvalue weighted by molar-refractivity contribution is 0.00946. The summed E-state index contributed by atoms with van der Waals surface area (Å²) in [7, 11) is -3.98. The van der Waals surface area contributed by atoms with E-state index in [2.05, 4.69) is 4.18 Å². The van der Waals surface area contributed by atoms with Crippen LogP contribution in [0, 0.1) is 5.92 Å². The first-order valence-electron chi connectivity index (χ1n) is 5.16. The van der Waals surface area contributed by atoms with Gasteiger partial charge in [0.1, 0.15) is 5.72 Å². The van der Waals surface area contributed by atoms with Crippen molar-refractivity contribution in [3.8, 4) is 0 Å². The third-order valence-corrected chi connectivity index (χ3v) is 3.18. The Morgan fingerprint density at radius 2 is 1.81 bits per heavy atom. The third kappa shape index (κ3) is 5.76. The molecule has 16 heavy (non-hydrogen) atoms. The van der Waals surface area contributed by atoms with Crippen LogP contribution in [0.1, 0.15) is 40.5 Å². The van der Waals surface area contributed by atoms with Crippen LogP contribution < -0.4 is 11.9 Å². The second-order valence-corrected chi connectivity index (χ2v) is 4.98. The van der Waals surface area contributed by atoms with Gasteiger partial charge in [0.25, 0.3) is 0 Å². The molecular weight excluding hydrogens is 232 g/mol. The summed E-state index contributed by atoms with van der Waals surface area (Å²) in [4.78, 5) is 0. The highest BCUT2D eigenvalue weighted by Gasteiger charge is 2.35.